The van der Waals surface area contributed by atoms with E-state index in [1.54, 1.807) is 28.6 Å². The second kappa shape index (κ2) is 8.19. The fraction of sp³-hybridized carbons (Fsp3) is 0.429. The van der Waals surface area contributed by atoms with Crippen LogP contribution in [0.1, 0.15) is 17.5 Å². The van der Waals surface area contributed by atoms with Gasteiger partial charge in [-0.25, -0.2) is 12.8 Å². The van der Waals surface area contributed by atoms with Crippen molar-refractivity contribution in [3.8, 4) is 5.75 Å². The highest BCUT2D eigenvalue weighted by atomic mass is 32.2. The SMILES string of the molecule is O=S(=O)(c1ccc2c(c1)CCC2)N1CCN(CCOc2ccccc2F)CC1. The number of rotatable bonds is 6. The highest BCUT2D eigenvalue weighted by Gasteiger charge is 2.29. The minimum absolute atomic E-state index is 0.250. The maximum absolute atomic E-state index is 13.6. The standard InChI is InChI=1S/C21H25FN2O3S/c22-20-6-1-2-7-21(20)27-15-14-23-10-12-24(13-11-23)28(25,26)19-9-8-17-4-3-5-18(17)16-19/h1-2,6-9,16H,3-5,10-15H2. The van der Waals surface area contributed by atoms with Crippen LogP contribution < -0.4 is 4.74 Å². The van der Waals surface area contributed by atoms with Gasteiger partial charge in [-0.1, -0.05) is 18.2 Å². The highest BCUT2D eigenvalue weighted by Crippen LogP contribution is 2.26. The third-order valence-electron chi connectivity index (χ3n) is 5.54. The van der Waals surface area contributed by atoms with Crippen LogP contribution in [-0.4, -0.2) is 57.0 Å². The molecule has 1 aliphatic carbocycles. The number of benzene rings is 2. The van der Waals surface area contributed by atoms with Crippen molar-refractivity contribution in [2.45, 2.75) is 24.2 Å². The number of piperazine rings is 1. The number of ether oxygens (including phenoxy) is 1. The van der Waals surface area contributed by atoms with E-state index in [-0.39, 0.29) is 11.6 Å². The second-order valence-corrected chi connectivity index (χ2v) is 9.25. The molecule has 150 valence electrons. The van der Waals surface area contributed by atoms with Crippen LogP contribution in [0.5, 0.6) is 5.75 Å². The Labute approximate surface area is 165 Å². The summed E-state index contributed by atoms with van der Waals surface area (Å²) in [6, 6.07) is 11.9. The average Bonchev–Trinajstić information content (AvgIpc) is 3.18. The molecular weight excluding hydrogens is 379 g/mol. The normalized spacial score (nSPS) is 18.2. The quantitative estimate of drug-likeness (QED) is 0.743. The fourth-order valence-electron chi connectivity index (χ4n) is 3.90. The van der Waals surface area contributed by atoms with Crippen LogP contribution in [0.15, 0.2) is 47.4 Å². The summed E-state index contributed by atoms with van der Waals surface area (Å²) in [6.45, 7) is 3.22. The Balaban J connectivity index is 1.30. The zero-order valence-corrected chi connectivity index (χ0v) is 16.6. The molecule has 0 aromatic heterocycles. The summed E-state index contributed by atoms with van der Waals surface area (Å²) in [7, 11) is -3.45. The Morgan fingerprint density at radius 3 is 2.50 bits per heavy atom. The number of nitrogens with zero attached hydrogens (tertiary/aromatic N) is 2. The molecule has 1 saturated heterocycles. The van der Waals surface area contributed by atoms with Gasteiger partial charge in [-0.15, -0.1) is 0 Å². The van der Waals surface area contributed by atoms with Gasteiger partial charge in [0.2, 0.25) is 10.0 Å². The van der Waals surface area contributed by atoms with Gasteiger partial charge < -0.3 is 4.74 Å². The second-order valence-electron chi connectivity index (χ2n) is 7.31. The Kier molecular flexibility index (Phi) is 5.66. The first-order valence-corrected chi connectivity index (χ1v) is 11.2. The predicted molar refractivity (Wildman–Crippen MR) is 106 cm³/mol. The number of hydrogen-bond donors (Lipinski definition) is 0. The van der Waals surface area contributed by atoms with Crippen LogP contribution in [0, 0.1) is 5.82 Å². The molecule has 0 atom stereocenters. The van der Waals surface area contributed by atoms with Crippen molar-refractivity contribution in [2.75, 3.05) is 39.3 Å². The molecule has 4 rings (SSSR count). The monoisotopic (exact) mass is 404 g/mol. The molecule has 1 aliphatic heterocycles. The van der Waals surface area contributed by atoms with Gasteiger partial charge in [-0.3, -0.25) is 4.90 Å². The van der Waals surface area contributed by atoms with E-state index < -0.39 is 10.0 Å². The van der Waals surface area contributed by atoms with Crippen molar-refractivity contribution >= 4 is 10.0 Å². The third kappa shape index (κ3) is 4.06. The molecule has 0 amide bonds. The van der Waals surface area contributed by atoms with E-state index in [2.05, 4.69) is 4.90 Å². The summed E-state index contributed by atoms with van der Waals surface area (Å²) in [5.41, 5.74) is 2.45. The Morgan fingerprint density at radius 1 is 0.964 bits per heavy atom. The molecule has 2 aromatic carbocycles. The first-order valence-electron chi connectivity index (χ1n) is 9.76. The molecule has 0 radical (unpaired) electrons. The third-order valence-corrected chi connectivity index (χ3v) is 7.44. The molecule has 2 aliphatic rings. The van der Waals surface area contributed by atoms with E-state index in [0.717, 1.165) is 19.3 Å². The summed E-state index contributed by atoms with van der Waals surface area (Å²) >= 11 is 0. The number of halogens is 1. The molecule has 2 aromatic rings. The molecule has 1 heterocycles. The van der Waals surface area contributed by atoms with Crippen LogP contribution in [0.4, 0.5) is 4.39 Å². The minimum Gasteiger partial charge on any atom is -0.489 e. The molecule has 1 fully saturated rings. The van der Waals surface area contributed by atoms with Crippen LogP contribution >= 0.6 is 0 Å². The molecule has 0 spiro atoms. The van der Waals surface area contributed by atoms with E-state index in [1.165, 1.54) is 17.2 Å². The van der Waals surface area contributed by atoms with Gasteiger partial charge in [0.1, 0.15) is 6.61 Å². The summed E-state index contributed by atoms with van der Waals surface area (Å²) in [4.78, 5) is 2.56. The van der Waals surface area contributed by atoms with Crippen molar-refractivity contribution in [1.82, 2.24) is 9.21 Å². The van der Waals surface area contributed by atoms with Crippen molar-refractivity contribution in [3.63, 3.8) is 0 Å². The van der Waals surface area contributed by atoms with Gasteiger partial charge >= 0.3 is 0 Å². The van der Waals surface area contributed by atoms with Crippen molar-refractivity contribution in [1.29, 1.82) is 0 Å². The van der Waals surface area contributed by atoms with Gasteiger partial charge in [0.05, 0.1) is 4.90 Å². The van der Waals surface area contributed by atoms with Gasteiger partial charge in [0, 0.05) is 32.7 Å². The molecule has 0 unspecified atom stereocenters. The van der Waals surface area contributed by atoms with Crippen LogP contribution in [0.3, 0.4) is 0 Å². The smallest absolute Gasteiger partial charge is 0.243 e. The van der Waals surface area contributed by atoms with Gasteiger partial charge in [-0.2, -0.15) is 4.31 Å². The lowest BCUT2D eigenvalue weighted by Crippen LogP contribution is -2.49. The molecule has 0 N–H and O–H groups in total. The van der Waals surface area contributed by atoms with Crippen LogP contribution in [0.2, 0.25) is 0 Å². The number of para-hydroxylation sites is 1. The molecule has 0 bridgehead atoms. The topological polar surface area (TPSA) is 49.9 Å². The Morgan fingerprint density at radius 2 is 1.71 bits per heavy atom. The van der Waals surface area contributed by atoms with E-state index >= 15 is 0 Å². The molecule has 0 saturated carbocycles. The first-order chi connectivity index (χ1) is 13.5. The molecule has 5 nitrogen and oxygen atoms in total. The van der Waals surface area contributed by atoms with Crippen LogP contribution in [0.25, 0.3) is 0 Å². The first kappa shape index (κ1) is 19.4. The largest absolute Gasteiger partial charge is 0.489 e. The maximum atomic E-state index is 13.6. The highest BCUT2D eigenvalue weighted by molar-refractivity contribution is 7.89. The molecular formula is C21H25FN2O3S. The predicted octanol–water partition coefficient (Wildman–Crippen LogP) is 2.70. The number of sulfonamides is 1. The number of hydrogen-bond acceptors (Lipinski definition) is 4. The zero-order chi connectivity index (χ0) is 19.6. The van der Waals surface area contributed by atoms with Crippen molar-refractivity contribution in [3.05, 3.63) is 59.4 Å². The van der Waals surface area contributed by atoms with Crippen LogP contribution in [-0.2, 0) is 22.9 Å². The lowest BCUT2D eigenvalue weighted by atomic mass is 10.1. The van der Waals surface area contributed by atoms with Crippen molar-refractivity contribution in [2.24, 2.45) is 0 Å². The van der Waals surface area contributed by atoms with E-state index in [9.17, 15) is 12.8 Å². The fourth-order valence-corrected chi connectivity index (χ4v) is 5.37. The molecule has 7 heteroatoms. The van der Waals surface area contributed by atoms with E-state index in [0.29, 0.717) is 44.2 Å². The molecule has 28 heavy (non-hydrogen) atoms. The Bertz CT molecular complexity index is 940. The minimum atomic E-state index is -3.45. The van der Waals surface area contributed by atoms with Gasteiger partial charge in [-0.05, 0) is 54.7 Å². The van der Waals surface area contributed by atoms with Gasteiger partial charge in [0.25, 0.3) is 0 Å². The average molecular weight is 405 g/mol. The number of aryl methyl sites for hydroxylation is 2. The summed E-state index contributed by atoms with van der Waals surface area (Å²) in [5.74, 6) is -0.118. The maximum Gasteiger partial charge on any atom is 0.243 e. The van der Waals surface area contributed by atoms with Crippen molar-refractivity contribution < 1.29 is 17.5 Å². The summed E-state index contributed by atoms with van der Waals surface area (Å²) in [5, 5.41) is 0. The zero-order valence-electron chi connectivity index (χ0n) is 15.8. The van der Waals surface area contributed by atoms with Gasteiger partial charge in [0.15, 0.2) is 11.6 Å². The summed E-state index contributed by atoms with van der Waals surface area (Å²) in [6.07, 6.45) is 3.12. The lowest BCUT2D eigenvalue weighted by molar-refractivity contribution is 0.157. The Hall–Kier alpha value is -1.96. The summed E-state index contributed by atoms with van der Waals surface area (Å²) < 4.78 is 46.6. The van der Waals surface area contributed by atoms with E-state index in [1.807, 2.05) is 12.1 Å². The lowest BCUT2D eigenvalue weighted by Gasteiger charge is -2.33. The van der Waals surface area contributed by atoms with E-state index in [4.69, 9.17) is 4.74 Å². The number of fused-ring (bicyclic) bond motifs is 1.